The molecule has 0 spiro atoms. The third-order valence-corrected chi connectivity index (χ3v) is 5.02. The van der Waals surface area contributed by atoms with E-state index in [-0.39, 0.29) is 11.2 Å². The summed E-state index contributed by atoms with van der Waals surface area (Å²) < 4.78 is 28.4. The number of rotatable bonds is 8. The molecule has 1 rings (SSSR count). The molecule has 1 fully saturated rings. The van der Waals surface area contributed by atoms with Crippen LogP contribution in [0, 0.1) is 11.3 Å². The fraction of sp³-hybridized carbons (Fsp3) is 1.00. The van der Waals surface area contributed by atoms with E-state index in [2.05, 4.69) is 13.8 Å². The van der Waals surface area contributed by atoms with E-state index in [0.29, 0.717) is 12.5 Å². The topological polar surface area (TPSA) is 43.4 Å². The van der Waals surface area contributed by atoms with Crippen molar-refractivity contribution in [3.63, 3.8) is 0 Å². The zero-order chi connectivity index (χ0) is 13.6. The second-order valence-corrected chi connectivity index (χ2v) is 8.58. The van der Waals surface area contributed by atoms with Crippen LogP contribution in [0.1, 0.15) is 52.4 Å². The maximum atomic E-state index is 11.3. The van der Waals surface area contributed by atoms with Crippen LogP contribution in [0.2, 0.25) is 0 Å². The van der Waals surface area contributed by atoms with Crippen LogP contribution in [0.25, 0.3) is 0 Å². The zero-order valence-electron chi connectivity index (χ0n) is 11.5. The smallest absolute Gasteiger partial charge is 0.233 e. The van der Waals surface area contributed by atoms with Crippen LogP contribution in [0.3, 0.4) is 0 Å². The lowest BCUT2D eigenvalue weighted by Crippen LogP contribution is -2.31. The molecule has 1 unspecified atom stereocenters. The highest BCUT2D eigenvalue weighted by molar-refractivity contribution is 8.13. The van der Waals surface area contributed by atoms with Gasteiger partial charge in [-0.05, 0) is 25.2 Å². The highest BCUT2D eigenvalue weighted by Crippen LogP contribution is 2.40. The maximum absolute atomic E-state index is 11.3. The third-order valence-electron chi connectivity index (χ3n) is 3.73. The van der Waals surface area contributed by atoms with Gasteiger partial charge in [0, 0.05) is 22.7 Å². The number of hydrogen-bond donors (Lipinski definition) is 0. The molecule has 0 aromatic carbocycles. The van der Waals surface area contributed by atoms with E-state index in [9.17, 15) is 8.42 Å². The van der Waals surface area contributed by atoms with Gasteiger partial charge in [-0.25, -0.2) is 8.42 Å². The molecule has 0 aliphatic heterocycles. The van der Waals surface area contributed by atoms with Crippen molar-refractivity contribution in [2.45, 2.75) is 52.4 Å². The fourth-order valence-corrected chi connectivity index (χ4v) is 4.67. The van der Waals surface area contributed by atoms with Crippen molar-refractivity contribution in [3.8, 4) is 0 Å². The first-order chi connectivity index (χ1) is 8.37. The van der Waals surface area contributed by atoms with Gasteiger partial charge >= 0.3 is 0 Å². The molecule has 108 valence electrons. The van der Waals surface area contributed by atoms with E-state index in [1.165, 1.54) is 0 Å². The Hall–Kier alpha value is 0.200. The van der Waals surface area contributed by atoms with Crippen molar-refractivity contribution in [2.24, 2.45) is 11.3 Å². The number of halogens is 1. The van der Waals surface area contributed by atoms with Gasteiger partial charge < -0.3 is 4.74 Å². The Kier molecular flexibility index (Phi) is 6.42. The summed E-state index contributed by atoms with van der Waals surface area (Å²) in [5, 5.41) is 0. The Labute approximate surface area is 116 Å². The lowest BCUT2D eigenvalue weighted by molar-refractivity contribution is 0.0383. The molecule has 5 heteroatoms. The highest BCUT2D eigenvalue weighted by atomic mass is 35.7. The largest absolute Gasteiger partial charge is 0.381 e. The van der Waals surface area contributed by atoms with Crippen LogP contribution in [-0.4, -0.2) is 27.4 Å². The van der Waals surface area contributed by atoms with Crippen molar-refractivity contribution < 1.29 is 13.2 Å². The van der Waals surface area contributed by atoms with Crippen LogP contribution < -0.4 is 0 Å². The van der Waals surface area contributed by atoms with Crippen LogP contribution >= 0.6 is 10.7 Å². The predicted molar refractivity (Wildman–Crippen MR) is 75.4 cm³/mol. The van der Waals surface area contributed by atoms with E-state index < -0.39 is 9.05 Å². The van der Waals surface area contributed by atoms with Crippen LogP contribution in [-0.2, 0) is 13.8 Å². The monoisotopic (exact) mass is 296 g/mol. The maximum Gasteiger partial charge on any atom is 0.233 e. The normalized spacial score (nSPS) is 21.1. The van der Waals surface area contributed by atoms with Crippen molar-refractivity contribution in [1.29, 1.82) is 0 Å². The summed E-state index contributed by atoms with van der Waals surface area (Å²) in [5.41, 5.74) is -0.230. The lowest BCUT2D eigenvalue weighted by Gasteiger charge is -2.27. The molecular formula is C13H25ClO3S. The summed E-state index contributed by atoms with van der Waals surface area (Å²) in [5.74, 6) is 0.602. The van der Waals surface area contributed by atoms with Crippen LogP contribution in [0.15, 0.2) is 0 Å². The third kappa shape index (κ3) is 5.89. The number of ether oxygens (including phenoxy) is 1. The van der Waals surface area contributed by atoms with Gasteiger partial charge in [0.1, 0.15) is 0 Å². The van der Waals surface area contributed by atoms with Crippen molar-refractivity contribution in [1.82, 2.24) is 0 Å². The summed E-state index contributed by atoms with van der Waals surface area (Å²) >= 11 is 0. The fourth-order valence-electron chi connectivity index (χ4n) is 2.87. The molecule has 1 aliphatic carbocycles. The average Bonchev–Trinajstić information content (AvgIpc) is 2.64. The van der Waals surface area contributed by atoms with E-state index >= 15 is 0 Å². The van der Waals surface area contributed by atoms with Gasteiger partial charge in [-0.1, -0.05) is 33.1 Å². The minimum absolute atomic E-state index is 0.0592. The van der Waals surface area contributed by atoms with Crippen LogP contribution in [0.4, 0.5) is 0 Å². The van der Waals surface area contributed by atoms with Crippen molar-refractivity contribution in [3.05, 3.63) is 0 Å². The SMILES string of the molecule is CCCC(C)COCC1(CS(=O)(=O)Cl)CCCC1. The first kappa shape index (κ1) is 16.3. The zero-order valence-corrected chi connectivity index (χ0v) is 13.0. The predicted octanol–water partition coefficient (Wildman–Crippen LogP) is 3.57. The summed E-state index contributed by atoms with van der Waals surface area (Å²) in [4.78, 5) is 0. The van der Waals surface area contributed by atoms with Crippen molar-refractivity contribution >= 4 is 19.7 Å². The summed E-state index contributed by atoms with van der Waals surface area (Å²) in [6, 6.07) is 0. The molecule has 1 saturated carbocycles. The molecule has 1 aliphatic rings. The lowest BCUT2D eigenvalue weighted by atomic mass is 9.90. The average molecular weight is 297 g/mol. The minimum Gasteiger partial charge on any atom is -0.381 e. The van der Waals surface area contributed by atoms with Gasteiger partial charge in [0.25, 0.3) is 0 Å². The molecule has 3 nitrogen and oxygen atoms in total. The molecule has 0 amide bonds. The van der Waals surface area contributed by atoms with Gasteiger partial charge in [0.15, 0.2) is 0 Å². The first-order valence-electron chi connectivity index (χ1n) is 6.87. The quantitative estimate of drug-likeness (QED) is 0.643. The second kappa shape index (κ2) is 7.11. The molecule has 0 heterocycles. The van der Waals surface area contributed by atoms with E-state index in [4.69, 9.17) is 15.4 Å². The summed E-state index contributed by atoms with van der Waals surface area (Å²) in [7, 11) is 1.98. The molecular weight excluding hydrogens is 272 g/mol. The molecule has 0 aromatic rings. The summed E-state index contributed by atoms with van der Waals surface area (Å²) in [6.45, 7) is 5.59. The van der Waals surface area contributed by atoms with Gasteiger partial charge in [-0.15, -0.1) is 0 Å². The van der Waals surface area contributed by atoms with E-state index in [1.807, 2.05) is 0 Å². The Morgan fingerprint density at radius 3 is 2.44 bits per heavy atom. The molecule has 0 N–H and O–H groups in total. The molecule has 0 radical (unpaired) electrons. The summed E-state index contributed by atoms with van der Waals surface area (Å²) in [6.07, 6.45) is 6.31. The van der Waals surface area contributed by atoms with Gasteiger partial charge in [0.05, 0.1) is 12.4 Å². The Balaban J connectivity index is 2.43. The molecule has 0 saturated heterocycles. The van der Waals surface area contributed by atoms with Crippen LogP contribution in [0.5, 0.6) is 0 Å². The Bertz CT molecular complexity index is 334. The van der Waals surface area contributed by atoms with Gasteiger partial charge in [-0.2, -0.15) is 0 Å². The molecule has 0 bridgehead atoms. The number of hydrogen-bond acceptors (Lipinski definition) is 3. The second-order valence-electron chi connectivity index (χ2n) is 5.80. The van der Waals surface area contributed by atoms with E-state index in [1.54, 1.807) is 0 Å². The molecule has 1 atom stereocenters. The van der Waals surface area contributed by atoms with Gasteiger partial charge in [-0.3, -0.25) is 0 Å². The standard InChI is InChI=1S/C13H25ClO3S/c1-3-6-12(2)9-17-10-13(7-4-5-8-13)11-18(14,15)16/h12H,3-11H2,1-2H3. The first-order valence-corrected chi connectivity index (χ1v) is 9.35. The minimum atomic E-state index is -3.43. The molecule has 18 heavy (non-hydrogen) atoms. The van der Waals surface area contributed by atoms with E-state index in [0.717, 1.165) is 45.1 Å². The Morgan fingerprint density at radius 2 is 1.94 bits per heavy atom. The Morgan fingerprint density at radius 1 is 1.33 bits per heavy atom. The molecule has 0 aromatic heterocycles. The highest BCUT2D eigenvalue weighted by Gasteiger charge is 2.38. The van der Waals surface area contributed by atoms with Crippen molar-refractivity contribution in [2.75, 3.05) is 19.0 Å². The van der Waals surface area contributed by atoms with Gasteiger partial charge in [0.2, 0.25) is 9.05 Å².